The lowest BCUT2D eigenvalue weighted by molar-refractivity contribution is -0.414. The van der Waals surface area contributed by atoms with E-state index in [-0.39, 0.29) is 35.7 Å². The van der Waals surface area contributed by atoms with Crippen LogP contribution in [0.5, 0.6) is 11.5 Å². The first-order valence-electron chi connectivity index (χ1n) is 16.8. The van der Waals surface area contributed by atoms with Crippen LogP contribution in [0.15, 0.2) is 48.8 Å². The van der Waals surface area contributed by atoms with E-state index in [1.54, 1.807) is 14.2 Å². The first kappa shape index (κ1) is 43.0. The molecule has 0 aliphatic heterocycles. The number of carboxylic acid groups (broad SMARTS) is 2. The topological polar surface area (TPSA) is 284 Å². The monoisotopic (exact) mass is 728 g/mol. The summed E-state index contributed by atoms with van der Waals surface area (Å²) in [6.45, 7) is 9.24. The minimum Gasteiger partial charge on any atom is -0.547 e. The highest BCUT2D eigenvalue weighted by molar-refractivity contribution is 5.86. The fourth-order valence-electron chi connectivity index (χ4n) is 4.75. The van der Waals surface area contributed by atoms with Gasteiger partial charge in [0, 0.05) is 59.1 Å². The third-order valence-corrected chi connectivity index (χ3v) is 8.40. The summed E-state index contributed by atoms with van der Waals surface area (Å²) in [4.78, 5) is 49.5. The van der Waals surface area contributed by atoms with Crippen molar-refractivity contribution in [2.45, 2.75) is 64.8 Å². The van der Waals surface area contributed by atoms with E-state index in [2.05, 4.69) is 32.1 Å². The molecular weight excluding hydrogens is 676 g/mol. The number of benzene rings is 2. The Morgan fingerprint density at radius 2 is 1.04 bits per heavy atom. The molecule has 0 aliphatic rings. The van der Waals surface area contributed by atoms with E-state index >= 15 is 0 Å². The number of carboxylic acids is 2. The maximum atomic E-state index is 11.9. The summed E-state index contributed by atoms with van der Waals surface area (Å²) in [6.07, 6.45) is 0.656. The second kappa shape index (κ2) is 20.6. The van der Waals surface area contributed by atoms with Gasteiger partial charge >= 0.3 is 0 Å². The number of amides is 2. The molecule has 4 aromatic rings. The van der Waals surface area contributed by atoms with Crippen LogP contribution >= 0.6 is 0 Å². The minimum absolute atomic E-state index is 0.0161. The van der Waals surface area contributed by atoms with Crippen molar-refractivity contribution in [2.75, 3.05) is 27.3 Å². The molecule has 0 radical (unpaired) electrons. The smallest absolute Gasteiger partial charge is 0.278 e. The molecule has 2 unspecified atom stereocenters. The van der Waals surface area contributed by atoms with Crippen LogP contribution in [0.2, 0.25) is 0 Å². The molecule has 0 spiro atoms. The number of nitrogens with one attached hydrogen (secondary N) is 4. The molecule has 0 aliphatic carbocycles. The lowest BCUT2D eigenvalue weighted by atomic mass is 10.0. The van der Waals surface area contributed by atoms with Gasteiger partial charge in [0.2, 0.25) is 0 Å². The molecular formula is C36H52N6O10. The van der Waals surface area contributed by atoms with Crippen molar-refractivity contribution in [1.29, 1.82) is 0 Å². The van der Waals surface area contributed by atoms with Crippen LogP contribution in [0.1, 0.15) is 38.8 Å². The SMILES string of the molecule is COc1ccc2[nH]cc(CCNC(=O)[C@@H]([NH3+])C(C)C)c2c1.COc1ccc2[nH]cc(CCNC(=O)[C@@H]([NH3+])C(C)C)c2c1.O=C([O-])C(O)C(O)C(=O)[O-]. The fourth-order valence-corrected chi connectivity index (χ4v) is 4.75. The molecule has 4 atom stereocenters. The Bertz CT molecular complexity index is 1640. The highest BCUT2D eigenvalue weighted by atomic mass is 16.5. The van der Waals surface area contributed by atoms with Crippen molar-refractivity contribution in [2.24, 2.45) is 11.8 Å². The molecule has 0 bridgehead atoms. The van der Waals surface area contributed by atoms with E-state index in [1.165, 1.54) is 11.1 Å². The predicted molar refractivity (Wildman–Crippen MR) is 188 cm³/mol. The zero-order valence-electron chi connectivity index (χ0n) is 30.5. The molecule has 12 N–H and O–H groups in total. The average Bonchev–Trinajstić information content (AvgIpc) is 3.73. The van der Waals surface area contributed by atoms with Gasteiger partial charge in [0.25, 0.3) is 11.8 Å². The molecule has 16 nitrogen and oxygen atoms in total. The summed E-state index contributed by atoms with van der Waals surface area (Å²) in [5.74, 6) is -1.90. The number of methoxy groups -OCH3 is 2. The second-order valence-corrected chi connectivity index (χ2v) is 12.8. The predicted octanol–water partition coefficient (Wildman–Crippen LogP) is -2.59. The van der Waals surface area contributed by atoms with Crippen LogP contribution < -0.4 is 41.8 Å². The number of hydrogen-bond acceptors (Lipinski definition) is 10. The molecule has 0 saturated heterocycles. The Hall–Kier alpha value is -5.16. The fraction of sp³-hybridized carbons (Fsp3) is 0.444. The number of aliphatic hydroxyl groups is 2. The third-order valence-electron chi connectivity index (χ3n) is 8.40. The van der Waals surface area contributed by atoms with Gasteiger partial charge in [-0.2, -0.15) is 0 Å². The lowest BCUT2D eigenvalue weighted by Gasteiger charge is -2.18. The van der Waals surface area contributed by atoms with E-state index in [4.69, 9.17) is 19.7 Å². The quantitative estimate of drug-likeness (QED) is 0.0632. The van der Waals surface area contributed by atoms with Gasteiger partial charge in [0.05, 0.1) is 26.2 Å². The van der Waals surface area contributed by atoms with Crippen molar-refractivity contribution in [1.82, 2.24) is 20.6 Å². The standard InChI is InChI=1S/2C16H23N3O2.C4H6O6/c2*1-10(2)15(17)16(20)18-7-6-11-9-19-14-5-4-12(21-3)8-13(11)14;5-1(3(7)8)2(6)4(9)10/h2*4-5,8-10,15,19H,6-7,17H2,1-3H3,(H,18,20);1-2,5-6H,(H,7,8)(H,9,10)/t2*15-;/m00./s1. The van der Waals surface area contributed by atoms with E-state index in [0.29, 0.717) is 13.1 Å². The van der Waals surface area contributed by atoms with Crippen molar-refractivity contribution in [3.05, 3.63) is 59.9 Å². The Labute approximate surface area is 301 Å². The van der Waals surface area contributed by atoms with Gasteiger partial charge in [-0.1, -0.05) is 27.7 Å². The maximum Gasteiger partial charge on any atom is 0.278 e. The van der Waals surface area contributed by atoms with Crippen LogP contribution in [0.25, 0.3) is 21.8 Å². The summed E-state index contributed by atoms with van der Waals surface area (Å²) >= 11 is 0. The molecule has 2 heterocycles. The molecule has 0 saturated carbocycles. The molecule has 0 fully saturated rings. The van der Waals surface area contributed by atoms with Crippen LogP contribution in [0, 0.1) is 11.8 Å². The summed E-state index contributed by atoms with van der Waals surface area (Å²) in [7, 11) is 3.32. The number of aliphatic hydroxyl groups excluding tert-OH is 2. The highest BCUT2D eigenvalue weighted by Gasteiger charge is 2.21. The number of aromatic nitrogens is 2. The first-order chi connectivity index (χ1) is 24.5. The minimum atomic E-state index is -2.44. The average molecular weight is 729 g/mol. The molecule has 2 aromatic carbocycles. The van der Waals surface area contributed by atoms with Crippen molar-refractivity contribution >= 4 is 45.6 Å². The Balaban J connectivity index is 0.000000289. The molecule has 286 valence electrons. The number of aliphatic carboxylic acids is 2. The molecule has 2 aromatic heterocycles. The van der Waals surface area contributed by atoms with Gasteiger partial charge in [0.15, 0.2) is 12.1 Å². The van der Waals surface area contributed by atoms with Gasteiger partial charge < -0.3 is 71.6 Å². The van der Waals surface area contributed by atoms with Gasteiger partial charge in [0.1, 0.15) is 23.7 Å². The number of rotatable bonds is 15. The van der Waals surface area contributed by atoms with Crippen molar-refractivity contribution in [3.63, 3.8) is 0 Å². The molecule has 2 amide bonds. The first-order valence-corrected chi connectivity index (χ1v) is 16.8. The van der Waals surface area contributed by atoms with E-state index in [9.17, 15) is 29.4 Å². The summed E-state index contributed by atoms with van der Waals surface area (Å²) in [5.41, 5.74) is 12.3. The van der Waals surface area contributed by atoms with Crippen LogP contribution in [0.3, 0.4) is 0 Å². The van der Waals surface area contributed by atoms with E-state index < -0.39 is 24.1 Å². The largest absolute Gasteiger partial charge is 0.547 e. The number of H-pyrrole nitrogens is 2. The Kier molecular flexibility index (Phi) is 17.1. The zero-order valence-corrected chi connectivity index (χ0v) is 30.5. The van der Waals surface area contributed by atoms with Crippen LogP contribution in [-0.4, -0.2) is 95.5 Å². The lowest BCUT2D eigenvalue weighted by Crippen LogP contribution is -2.69. The zero-order chi connectivity index (χ0) is 39.1. The van der Waals surface area contributed by atoms with Gasteiger partial charge in [-0.25, -0.2) is 0 Å². The molecule has 4 rings (SSSR count). The van der Waals surface area contributed by atoms with Crippen molar-refractivity contribution < 1.29 is 60.5 Å². The van der Waals surface area contributed by atoms with E-state index in [0.717, 1.165) is 46.1 Å². The number of hydrogen-bond donors (Lipinski definition) is 8. The van der Waals surface area contributed by atoms with Crippen molar-refractivity contribution in [3.8, 4) is 11.5 Å². The number of quaternary nitrogens is 2. The van der Waals surface area contributed by atoms with Crippen LogP contribution in [0.4, 0.5) is 0 Å². The number of carbonyl (C=O) groups is 4. The summed E-state index contributed by atoms with van der Waals surface area (Å²) in [5, 5.41) is 43.9. The van der Waals surface area contributed by atoms with Gasteiger partial charge in [-0.3, -0.25) is 9.59 Å². The number of ether oxygens (including phenoxy) is 2. The molecule has 52 heavy (non-hydrogen) atoms. The van der Waals surface area contributed by atoms with Gasteiger partial charge in [-0.15, -0.1) is 0 Å². The Morgan fingerprint density at radius 1 is 0.692 bits per heavy atom. The summed E-state index contributed by atoms with van der Waals surface area (Å²) in [6, 6.07) is 11.5. The number of fused-ring (bicyclic) bond motifs is 2. The van der Waals surface area contributed by atoms with Gasteiger partial charge in [-0.05, 0) is 60.4 Å². The number of aromatic amines is 2. The maximum absolute atomic E-state index is 11.9. The molecule has 16 heteroatoms. The normalized spacial score (nSPS) is 13.2. The Morgan fingerprint density at radius 3 is 1.33 bits per heavy atom. The third kappa shape index (κ3) is 12.6. The van der Waals surface area contributed by atoms with E-state index in [1.807, 2.05) is 76.5 Å². The summed E-state index contributed by atoms with van der Waals surface area (Å²) < 4.78 is 10.5. The second-order valence-electron chi connectivity index (χ2n) is 12.8. The number of carbonyl (C=O) groups excluding carboxylic acids is 4. The highest BCUT2D eigenvalue weighted by Crippen LogP contribution is 2.25. The van der Waals surface area contributed by atoms with Crippen LogP contribution in [-0.2, 0) is 32.0 Å².